The molecule has 1 unspecified atom stereocenters. The average Bonchev–Trinajstić information content (AvgIpc) is 3.45. The molecule has 3 aliphatic heterocycles. The van der Waals surface area contributed by atoms with Crippen LogP contribution in [0.5, 0.6) is 11.5 Å². The normalized spacial score (nSPS) is 18.4. The molecule has 222 valence electrons. The summed E-state index contributed by atoms with van der Waals surface area (Å²) in [6, 6.07) is 4.71. The first-order chi connectivity index (χ1) is 19.5. The van der Waals surface area contributed by atoms with Gasteiger partial charge in [0.2, 0.25) is 18.6 Å². The molecule has 2 saturated heterocycles. The van der Waals surface area contributed by atoms with E-state index >= 15 is 0 Å². The lowest BCUT2D eigenvalue weighted by atomic mass is 9.84. The zero-order valence-corrected chi connectivity index (χ0v) is 23.8. The lowest BCUT2D eigenvalue weighted by molar-refractivity contribution is -0.144. The molecule has 1 aromatic carbocycles. The minimum absolute atomic E-state index is 0.0255. The monoisotopic (exact) mass is 558 g/mol. The molecule has 10 heteroatoms. The first kappa shape index (κ1) is 30.1. The fourth-order valence-corrected chi connectivity index (χ4v) is 5.95. The van der Waals surface area contributed by atoms with Crippen LogP contribution in [0.25, 0.3) is 0 Å². The van der Waals surface area contributed by atoms with Crippen molar-refractivity contribution in [2.45, 2.75) is 70.8 Å². The second-order valence-electron chi connectivity index (χ2n) is 11.2. The topological polar surface area (TPSA) is 127 Å². The molecule has 2 amide bonds. The third kappa shape index (κ3) is 9.37. The number of carbonyl (C=O) groups is 3. The summed E-state index contributed by atoms with van der Waals surface area (Å²) in [6.07, 6.45) is 8.41. The zero-order chi connectivity index (χ0) is 28.2. The number of piperidine rings is 2. The molecule has 10 nitrogen and oxygen atoms in total. The second kappa shape index (κ2) is 15.8. The Bertz CT molecular complexity index is 955. The molecule has 0 bridgehead atoms. The summed E-state index contributed by atoms with van der Waals surface area (Å²) in [5, 5.41) is 12.6. The Morgan fingerprint density at radius 1 is 0.950 bits per heavy atom. The molecule has 3 aliphatic rings. The van der Waals surface area contributed by atoms with Gasteiger partial charge in [0, 0.05) is 5.92 Å². The van der Waals surface area contributed by atoms with Crippen molar-refractivity contribution in [3.8, 4) is 11.5 Å². The minimum atomic E-state index is -0.617. The van der Waals surface area contributed by atoms with Crippen molar-refractivity contribution in [3.05, 3.63) is 23.8 Å². The molecular weight excluding hydrogens is 512 g/mol. The van der Waals surface area contributed by atoms with Gasteiger partial charge in [-0.25, -0.2) is 0 Å². The van der Waals surface area contributed by atoms with Gasteiger partial charge in [0.25, 0.3) is 0 Å². The van der Waals surface area contributed by atoms with Gasteiger partial charge in [0.05, 0.1) is 25.6 Å². The van der Waals surface area contributed by atoms with Crippen molar-refractivity contribution < 1.29 is 28.6 Å². The number of nitrogens with one attached hydrogen (secondary N) is 4. The van der Waals surface area contributed by atoms with Crippen molar-refractivity contribution in [1.82, 2.24) is 21.3 Å². The van der Waals surface area contributed by atoms with Gasteiger partial charge in [-0.3, -0.25) is 14.4 Å². The van der Waals surface area contributed by atoms with Crippen molar-refractivity contribution in [2.75, 3.05) is 46.1 Å². The highest BCUT2D eigenvalue weighted by molar-refractivity contribution is 5.86. The zero-order valence-electron chi connectivity index (χ0n) is 23.8. The van der Waals surface area contributed by atoms with E-state index in [1.807, 2.05) is 0 Å². The summed E-state index contributed by atoms with van der Waals surface area (Å²) in [7, 11) is 0. The molecule has 1 atom stereocenters. The Morgan fingerprint density at radius 3 is 2.20 bits per heavy atom. The largest absolute Gasteiger partial charge is 0.466 e. The molecule has 1 aromatic rings. The summed E-state index contributed by atoms with van der Waals surface area (Å²) < 4.78 is 16.0. The quantitative estimate of drug-likeness (QED) is 0.257. The smallest absolute Gasteiger partial charge is 0.308 e. The highest BCUT2D eigenvalue weighted by Gasteiger charge is 2.26. The molecule has 0 aliphatic carbocycles. The maximum Gasteiger partial charge on any atom is 0.308 e. The number of rotatable bonds is 14. The van der Waals surface area contributed by atoms with Crippen molar-refractivity contribution >= 4 is 17.8 Å². The van der Waals surface area contributed by atoms with E-state index in [4.69, 9.17) is 14.2 Å². The molecule has 2 fully saturated rings. The number of ether oxygens (including phenoxy) is 3. The van der Waals surface area contributed by atoms with Gasteiger partial charge >= 0.3 is 5.97 Å². The van der Waals surface area contributed by atoms with Crippen molar-refractivity contribution in [1.29, 1.82) is 0 Å². The van der Waals surface area contributed by atoms with Crippen LogP contribution in [0.1, 0.15) is 76.3 Å². The number of hydrogen-bond acceptors (Lipinski definition) is 8. The Morgan fingerprint density at radius 2 is 1.57 bits per heavy atom. The van der Waals surface area contributed by atoms with Gasteiger partial charge in [0.15, 0.2) is 11.5 Å². The maximum atomic E-state index is 13.3. The fraction of sp³-hybridized carbons (Fsp3) is 0.700. The highest BCUT2D eigenvalue weighted by Crippen LogP contribution is 2.35. The van der Waals surface area contributed by atoms with Crippen LogP contribution in [0.4, 0.5) is 0 Å². The third-order valence-electron chi connectivity index (χ3n) is 8.37. The van der Waals surface area contributed by atoms with E-state index in [1.165, 1.54) is 0 Å². The molecule has 4 N–H and O–H groups in total. The summed E-state index contributed by atoms with van der Waals surface area (Å²) >= 11 is 0. The fourth-order valence-electron chi connectivity index (χ4n) is 5.95. The predicted octanol–water partition coefficient (Wildman–Crippen LogP) is 2.82. The molecule has 3 heterocycles. The first-order valence-electron chi connectivity index (χ1n) is 15.1. The second-order valence-corrected chi connectivity index (χ2v) is 11.2. The van der Waals surface area contributed by atoms with Gasteiger partial charge in [0.1, 0.15) is 0 Å². The summed E-state index contributed by atoms with van der Waals surface area (Å²) in [5.74, 6) is 1.59. The summed E-state index contributed by atoms with van der Waals surface area (Å²) in [6.45, 7) is 6.19. The van der Waals surface area contributed by atoms with Crippen LogP contribution in [0.2, 0.25) is 0 Å². The molecule has 0 spiro atoms. The first-order valence-corrected chi connectivity index (χ1v) is 15.1. The summed E-state index contributed by atoms with van der Waals surface area (Å²) in [4.78, 5) is 38.6. The third-order valence-corrected chi connectivity index (χ3v) is 8.37. The van der Waals surface area contributed by atoms with Crippen LogP contribution in [0, 0.1) is 17.8 Å². The minimum Gasteiger partial charge on any atom is -0.466 e. The van der Waals surface area contributed by atoms with Gasteiger partial charge in [-0.15, -0.1) is 0 Å². The van der Waals surface area contributed by atoms with E-state index in [0.29, 0.717) is 28.9 Å². The number of hydrogen-bond donors (Lipinski definition) is 4. The van der Waals surface area contributed by atoms with Crippen LogP contribution in [0.15, 0.2) is 18.2 Å². The number of esters is 1. The molecule has 4 rings (SSSR count). The SMILES string of the molecule is CCOC(=O)CC(NC(=O)CNC(=O)C(CCC1CCNCC1)CCC1CCNCC1)c1ccc2c(c1)OCO2. The van der Waals surface area contributed by atoms with Crippen LogP contribution in [0.3, 0.4) is 0 Å². The van der Waals surface area contributed by atoms with Gasteiger partial charge in [-0.1, -0.05) is 6.07 Å². The van der Waals surface area contributed by atoms with Gasteiger partial charge in [-0.05, 0) is 114 Å². The van der Waals surface area contributed by atoms with Crippen LogP contribution >= 0.6 is 0 Å². The lowest BCUT2D eigenvalue weighted by Crippen LogP contribution is -2.41. The molecule has 0 aromatic heterocycles. The van der Waals surface area contributed by atoms with E-state index in [9.17, 15) is 14.4 Å². The maximum absolute atomic E-state index is 13.3. The van der Waals surface area contributed by atoms with Crippen LogP contribution in [-0.2, 0) is 19.1 Å². The molecular formula is C30H46N4O6. The van der Waals surface area contributed by atoms with Crippen molar-refractivity contribution in [2.24, 2.45) is 17.8 Å². The molecule has 40 heavy (non-hydrogen) atoms. The Hall–Kier alpha value is -2.85. The number of amides is 2. The Kier molecular flexibility index (Phi) is 11.9. The van der Waals surface area contributed by atoms with E-state index in [0.717, 1.165) is 77.5 Å². The average molecular weight is 559 g/mol. The van der Waals surface area contributed by atoms with Crippen LogP contribution in [-0.4, -0.2) is 63.9 Å². The standard InChI is InChI=1S/C30H46N4O6/c1-2-38-29(36)18-25(24-7-8-26-27(17-24)40-20-39-26)34-28(35)19-33-30(37)23(5-3-21-9-13-31-14-10-21)6-4-22-11-15-32-16-12-22/h7-8,17,21-23,25,31-32H,2-6,9-16,18-20H2,1H3,(H,33,37)(H,34,35). The van der Waals surface area contributed by atoms with Crippen LogP contribution < -0.4 is 30.7 Å². The Balaban J connectivity index is 1.32. The lowest BCUT2D eigenvalue weighted by Gasteiger charge is -2.27. The van der Waals surface area contributed by atoms with Gasteiger partial charge in [-0.2, -0.15) is 0 Å². The van der Waals surface area contributed by atoms with E-state index in [-0.39, 0.29) is 44.1 Å². The Labute approximate surface area is 237 Å². The van der Waals surface area contributed by atoms with Gasteiger partial charge < -0.3 is 35.5 Å². The highest BCUT2D eigenvalue weighted by atomic mass is 16.7. The summed E-state index contributed by atoms with van der Waals surface area (Å²) in [5.41, 5.74) is 0.707. The van der Waals surface area contributed by atoms with E-state index in [2.05, 4.69) is 21.3 Å². The number of carbonyl (C=O) groups excluding carboxylic acids is 3. The van der Waals surface area contributed by atoms with E-state index < -0.39 is 12.0 Å². The molecule has 0 saturated carbocycles. The number of fused-ring (bicyclic) bond motifs is 1. The molecule has 0 radical (unpaired) electrons. The van der Waals surface area contributed by atoms with Crippen molar-refractivity contribution in [3.63, 3.8) is 0 Å². The number of benzene rings is 1. The van der Waals surface area contributed by atoms with E-state index in [1.54, 1.807) is 25.1 Å². The predicted molar refractivity (Wildman–Crippen MR) is 151 cm³/mol.